The molecule has 1 amide bonds. The van der Waals surface area contributed by atoms with Crippen LogP contribution in [-0.4, -0.2) is 43.9 Å². The average Bonchev–Trinajstić information content (AvgIpc) is 2.90. The van der Waals surface area contributed by atoms with Crippen molar-refractivity contribution in [3.8, 4) is 0 Å². The van der Waals surface area contributed by atoms with Gasteiger partial charge in [0.1, 0.15) is 0 Å². The van der Waals surface area contributed by atoms with Gasteiger partial charge in [0.2, 0.25) is 0 Å². The van der Waals surface area contributed by atoms with Gasteiger partial charge in [-0.25, -0.2) is 0 Å². The number of hydrogen-bond donors (Lipinski definition) is 1. The molecule has 0 saturated heterocycles. The van der Waals surface area contributed by atoms with Gasteiger partial charge >= 0.3 is 0 Å². The lowest BCUT2D eigenvalue weighted by molar-refractivity contribution is 0.0580. The molecule has 0 bridgehead atoms. The third-order valence-corrected chi connectivity index (χ3v) is 3.68. The highest BCUT2D eigenvalue weighted by atomic mass is 32.1. The summed E-state index contributed by atoms with van der Waals surface area (Å²) < 4.78 is 7.82. The lowest BCUT2D eigenvalue weighted by atomic mass is 9.94. The van der Waals surface area contributed by atoms with Crippen molar-refractivity contribution >= 4 is 17.6 Å². The molecule has 1 aromatic rings. The molecule has 1 heterocycles. The van der Waals surface area contributed by atoms with E-state index in [0.717, 1.165) is 37.4 Å². The Bertz CT molecular complexity index is 350. The highest BCUT2D eigenvalue weighted by Gasteiger charge is 2.26. The zero-order chi connectivity index (χ0) is 12.1. The van der Waals surface area contributed by atoms with E-state index in [4.69, 9.17) is 5.11 Å². The first kappa shape index (κ1) is 12.4. The van der Waals surface area contributed by atoms with Gasteiger partial charge in [-0.05, 0) is 12.8 Å². The smallest absolute Gasteiger partial charge is 0.275 e. The third kappa shape index (κ3) is 3.01. The maximum Gasteiger partial charge on any atom is 0.275 e. The van der Waals surface area contributed by atoms with Gasteiger partial charge in [0.05, 0.1) is 24.5 Å². The number of rotatable bonds is 4. The lowest BCUT2D eigenvalue weighted by Crippen LogP contribution is -2.43. The maximum absolute atomic E-state index is 12.2. The minimum Gasteiger partial charge on any atom is -0.395 e. The van der Waals surface area contributed by atoms with Crippen molar-refractivity contribution < 1.29 is 9.90 Å². The zero-order valence-corrected chi connectivity index (χ0v) is 10.5. The van der Waals surface area contributed by atoms with Crippen molar-refractivity contribution in [1.82, 2.24) is 13.6 Å². The molecular formula is C11H17N3O2S. The largest absolute Gasteiger partial charge is 0.395 e. The van der Waals surface area contributed by atoms with Crippen molar-refractivity contribution in [1.29, 1.82) is 0 Å². The third-order valence-electron chi connectivity index (χ3n) is 3.20. The number of nitrogens with zero attached hydrogens (tertiary/aromatic N) is 3. The minimum absolute atomic E-state index is 0.000193. The van der Waals surface area contributed by atoms with Gasteiger partial charge < -0.3 is 10.0 Å². The normalized spacial score (nSPS) is 17.0. The number of aliphatic hydroxyl groups excluding tert-OH is 1. The van der Waals surface area contributed by atoms with Gasteiger partial charge in [-0.1, -0.05) is 19.3 Å². The van der Waals surface area contributed by atoms with Crippen LogP contribution in [0.3, 0.4) is 0 Å². The summed E-state index contributed by atoms with van der Waals surface area (Å²) in [5.74, 6) is -0.0975. The molecule has 1 aliphatic carbocycles. The predicted molar refractivity (Wildman–Crippen MR) is 64.9 cm³/mol. The van der Waals surface area contributed by atoms with Crippen LogP contribution in [0.25, 0.3) is 0 Å². The Hall–Kier alpha value is -1.01. The van der Waals surface area contributed by atoms with Gasteiger partial charge in [0.15, 0.2) is 5.69 Å². The monoisotopic (exact) mass is 255 g/mol. The number of carbonyl (C=O) groups is 1. The average molecular weight is 255 g/mol. The lowest BCUT2D eigenvalue weighted by Gasteiger charge is -2.33. The molecule has 5 nitrogen and oxygen atoms in total. The van der Waals surface area contributed by atoms with Crippen LogP contribution in [0.1, 0.15) is 42.6 Å². The van der Waals surface area contributed by atoms with Gasteiger partial charge in [-0.3, -0.25) is 4.79 Å². The Morgan fingerprint density at radius 2 is 2.24 bits per heavy atom. The summed E-state index contributed by atoms with van der Waals surface area (Å²) in [6, 6.07) is 0.255. The molecule has 0 spiro atoms. The van der Waals surface area contributed by atoms with Gasteiger partial charge in [0.25, 0.3) is 5.91 Å². The van der Waals surface area contributed by atoms with Crippen LogP contribution in [0.15, 0.2) is 6.20 Å². The molecule has 0 atom stereocenters. The molecule has 0 radical (unpaired) electrons. The Kier molecular flexibility index (Phi) is 4.44. The summed E-state index contributed by atoms with van der Waals surface area (Å²) in [4.78, 5) is 14.0. The van der Waals surface area contributed by atoms with E-state index in [-0.39, 0.29) is 18.6 Å². The van der Waals surface area contributed by atoms with Gasteiger partial charge in [-0.15, -0.1) is 0 Å². The van der Waals surface area contributed by atoms with Crippen molar-refractivity contribution in [2.75, 3.05) is 13.2 Å². The van der Waals surface area contributed by atoms with E-state index in [1.807, 2.05) is 0 Å². The fourth-order valence-corrected chi connectivity index (χ4v) is 2.76. The van der Waals surface area contributed by atoms with Crippen LogP contribution in [0.2, 0.25) is 0 Å². The SMILES string of the molecule is O=C(c1cnsn1)N(CCO)C1CCCCC1. The van der Waals surface area contributed by atoms with Crippen LogP contribution in [0, 0.1) is 0 Å². The molecule has 1 saturated carbocycles. The van der Waals surface area contributed by atoms with Crippen LogP contribution in [-0.2, 0) is 0 Å². The molecule has 0 aromatic carbocycles. The number of aliphatic hydroxyl groups is 1. The van der Waals surface area contributed by atoms with Gasteiger partial charge in [0, 0.05) is 12.6 Å². The van der Waals surface area contributed by atoms with E-state index in [1.54, 1.807) is 4.90 Å². The standard InChI is InChI=1S/C11H17N3O2S/c15-7-6-14(9-4-2-1-3-5-9)11(16)10-8-12-17-13-10/h8-9,15H,1-7H2. The number of aromatic nitrogens is 2. The predicted octanol–water partition coefficient (Wildman–Crippen LogP) is 1.31. The number of carbonyl (C=O) groups excluding carboxylic acids is 1. The van der Waals surface area contributed by atoms with Crippen LogP contribution >= 0.6 is 11.7 Å². The fraction of sp³-hybridized carbons (Fsp3) is 0.727. The summed E-state index contributed by atoms with van der Waals surface area (Å²) >= 11 is 1.04. The Balaban J connectivity index is 2.07. The zero-order valence-electron chi connectivity index (χ0n) is 9.71. The number of hydrogen-bond acceptors (Lipinski definition) is 5. The molecule has 94 valence electrons. The van der Waals surface area contributed by atoms with Gasteiger partial charge in [-0.2, -0.15) is 8.75 Å². The Morgan fingerprint density at radius 3 is 2.82 bits per heavy atom. The summed E-state index contributed by atoms with van der Waals surface area (Å²) in [5.41, 5.74) is 0.397. The maximum atomic E-state index is 12.2. The number of amides is 1. The first-order chi connectivity index (χ1) is 8.33. The summed E-state index contributed by atoms with van der Waals surface area (Å²) in [7, 11) is 0. The second-order valence-corrected chi connectivity index (χ2v) is 4.86. The summed E-state index contributed by atoms with van der Waals surface area (Å²) in [6.45, 7) is 0.390. The van der Waals surface area contributed by atoms with E-state index in [1.165, 1.54) is 12.6 Å². The van der Waals surface area contributed by atoms with Crippen molar-refractivity contribution in [3.63, 3.8) is 0 Å². The van der Waals surface area contributed by atoms with E-state index in [0.29, 0.717) is 12.2 Å². The highest BCUT2D eigenvalue weighted by molar-refractivity contribution is 6.99. The molecular weight excluding hydrogens is 238 g/mol. The summed E-state index contributed by atoms with van der Waals surface area (Å²) in [5, 5.41) is 9.09. The molecule has 0 aliphatic heterocycles. The molecule has 17 heavy (non-hydrogen) atoms. The van der Waals surface area contributed by atoms with Crippen LogP contribution < -0.4 is 0 Å². The summed E-state index contributed by atoms with van der Waals surface area (Å²) in [6.07, 6.45) is 7.13. The van der Waals surface area contributed by atoms with Crippen molar-refractivity contribution in [2.24, 2.45) is 0 Å². The van der Waals surface area contributed by atoms with E-state index >= 15 is 0 Å². The molecule has 2 rings (SSSR count). The second kappa shape index (κ2) is 6.07. The molecule has 1 aromatic heterocycles. The molecule has 6 heteroatoms. The van der Waals surface area contributed by atoms with Crippen molar-refractivity contribution in [3.05, 3.63) is 11.9 Å². The topological polar surface area (TPSA) is 66.3 Å². The first-order valence-electron chi connectivity index (χ1n) is 6.02. The van der Waals surface area contributed by atoms with Crippen molar-refractivity contribution in [2.45, 2.75) is 38.1 Å². The van der Waals surface area contributed by atoms with Crippen LogP contribution in [0.5, 0.6) is 0 Å². The molecule has 1 aliphatic rings. The highest BCUT2D eigenvalue weighted by Crippen LogP contribution is 2.23. The molecule has 0 unspecified atom stereocenters. The first-order valence-corrected chi connectivity index (χ1v) is 6.75. The minimum atomic E-state index is -0.0975. The van der Waals surface area contributed by atoms with E-state index < -0.39 is 0 Å². The van der Waals surface area contributed by atoms with E-state index in [2.05, 4.69) is 8.75 Å². The van der Waals surface area contributed by atoms with Crippen LogP contribution in [0.4, 0.5) is 0 Å². The molecule has 1 fully saturated rings. The van der Waals surface area contributed by atoms with E-state index in [9.17, 15) is 4.79 Å². The quantitative estimate of drug-likeness (QED) is 0.880. The Morgan fingerprint density at radius 1 is 1.47 bits per heavy atom. The molecule has 1 N–H and O–H groups in total. The second-order valence-electron chi connectivity index (χ2n) is 4.31. The Labute approximate surface area is 105 Å². The fourth-order valence-electron chi connectivity index (χ4n) is 2.36.